The fourth-order valence-corrected chi connectivity index (χ4v) is 5.33. The van der Waals surface area contributed by atoms with Gasteiger partial charge in [-0.25, -0.2) is 0 Å². The molecule has 0 saturated heterocycles. The number of nitrogens with two attached hydrogens (primary N) is 1. The van der Waals surface area contributed by atoms with Crippen molar-refractivity contribution in [1.82, 2.24) is 15.0 Å². The first kappa shape index (κ1) is 20.9. The molecule has 3 aliphatic carbocycles. The highest BCUT2D eigenvalue weighted by Crippen LogP contribution is 2.52. The number of fused-ring (bicyclic) bond motifs is 3. The minimum Gasteiger partial charge on any atom is -0.508 e. The van der Waals surface area contributed by atoms with Gasteiger partial charge in [-0.1, -0.05) is 0 Å². The van der Waals surface area contributed by atoms with Crippen molar-refractivity contribution in [3.63, 3.8) is 0 Å². The van der Waals surface area contributed by atoms with Gasteiger partial charge >= 0.3 is 0 Å². The van der Waals surface area contributed by atoms with Gasteiger partial charge in [-0.05, 0) is 36.5 Å². The molecule has 3 atom stereocenters. The van der Waals surface area contributed by atoms with Gasteiger partial charge in [-0.3, -0.25) is 14.4 Å². The van der Waals surface area contributed by atoms with Crippen LogP contribution in [0.1, 0.15) is 24.0 Å². The molecule has 1 aromatic heterocycles. The van der Waals surface area contributed by atoms with Gasteiger partial charge in [0.2, 0.25) is 5.78 Å². The number of nitrogens with zero attached hydrogens (tertiary/aromatic N) is 3. The maximum atomic E-state index is 13.5. The summed E-state index contributed by atoms with van der Waals surface area (Å²) in [5, 5.41) is 51.7. The number of aryl methyl sites for hydroxylation is 1. The molecule has 1 heterocycles. The molecule has 11 nitrogen and oxygen atoms in total. The van der Waals surface area contributed by atoms with Gasteiger partial charge in [0.05, 0.1) is 11.8 Å². The zero-order valence-corrected chi connectivity index (χ0v) is 17.4. The lowest BCUT2D eigenvalue weighted by atomic mass is 9.59. The quantitative estimate of drug-likeness (QED) is 0.397. The molecule has 0 bridgehead atoms. The highest BCUT2D eigenvalue weighted by atomic mass is 16.3. The number of phenolic OH excluding ortho intramolecular Hbond substituents is 1. The number of carbonyl (C=O) groups excluding carboxylic acids is 3. The van der Waals surface area contributed by atoms with Crippen molar-refractivity contribution in [3.8, 4) is 17.0 Å². The number of benzene rings is 1. The Hall–Kier alpha value is -3.99. The lowest BCUT2D eigenvalue weighted by Gasteiger charge is -2.46. The van der Waals surface area contributed by atoms with Crippen LogP contribution < -0.4 is 5.73 Å². The molecule has 33 heavy (non-hydrogen) atoms. The predicted octanol–water partition coefficient (Wildman–Crippen LogP) is 0.219. The zero-order valence-electron chi connectivity index (χ0n) is 17.4. The Morgan fingerprint density at radius 3 is 2.58 bits per heavy atom. The summed E-state index contributed by atoms with van der Waals surface area (Å²) in [5.41, 5.74) is 3.28. The highest BCUT2D eigenvalue weighted by Gasteiger charge is 2.60. The minimum atomic E-state index is -2.58. The predicted molar refractivity (Wildman–Crippen MR) is 111 cm³/mol. The van der Waals surface area contributed by atoms with Crippen molar-refractivity contribution in [2.45, 2.75) is 24.9 Å². The number of primary amides is 1. The van der Waals surface area contributed by atoms with E-state index in [1.807, 2.05) is 0 Å². The first-order valence-corrected chi connectivity index (χ1v) is 10.2. The first-order valence-electron chi connectivity index (χ1n) is 10.2. The largest absolute Gasteiger partial charge is 0.508 e. The molecule has 0 radical (unpaired) electrons. The number of carbonyl (C=O) groups is 3. The molecule has 1 saturated carbocycles. The van der Waals surface area contributed by atoms with E-state index in [4.69, 9.17) is 5.73 Å². The molecule has 0 unspecified atom stereocenters. The number of aromatic nitrogens is 3. The number of phenols is 1. The molecule has 170 valence electrons. The number of Topliss-reactive ketones (excluding diaryl/α,β-unsaturated/α-hetero) is 2. The lowest BCUT2D eigenvalue weighted by Crippen LogP contribution is -2.58. The van der Waals surface area contributed by atoms with E-state index in [0.29, 0.717) is 16.8 Å². The third-order valence-corrected chi connectivity index (χ3v) is 6.82. The van der Waals surface area contributed by atoms with E-state index >= 15 is 0 Å². The molecule has 1 fully saturated rings. The maximum absolute atomic E-state index is 13.5. The number of aliphatic hydroxyl groups is 3. The van der Waals surface area contributed by atoms with Crippen molar-refractivity contribution in [2.75, 3.05) is 0 Å². The number of aromatic hydroxyl groups is 1. The van der Waals surface area contributed by atoms with E-state index in [1.165, 1.54) is 17.1 Å². The summed E-state index contributed by atoms with van der Waals surface area (Å²) in [6.07, 6.45) is 1.44. The Kier molecular flexibility index (Phi) is 4.27. The van der Waals surface area contributed by atoms with Crippen LogP contribution in [0.25, 0.3) is 17.0 Å². The Morgan fingerprint density at radius 2 is 1.94 bits per heavy atom. The summed E-state index contributed by atoms with van der Waals surface area (Å²) >= 11 is 0. The van der Waals surface area contributed by atoms with Crippen LogP contribution in [0.2, 0.25) is 0 Å². The van der Waals surface area contributed by atoms with Crippen molar-refractivity contribution in [2.24, 2.45) is 24.6 Å². The average molecular weight is 452 g/mol. The number of rotatable bonds is 2. The molecular formula is C22H20N4O7. The Morgan fingerprint density at radius 1 is 1.21 bits per heavy atom. The standard InChI is InChI=1S/C22H20N4O7/c1-26-24-7-12(25-26)10-2-3-13(27)16-11(10)5-8-4-9-6-14(28)17(21(23)32)20(31)22(9,33)19(30)15(8)18(16)29/h2-3,7-9,27,29,31,33H,4-6H2,1H3,(H2,23,32)/t8-,9+,22+/m1/s1. The van der Waals surface area contributed by atoms with Gasteiger partial charge < -0.3 is 26.2 Å². The minimum absolute atomic E-state index is 0.0188. The average Bonchev–Trinajstić information content (AvgIpc) is 3.16. The van der Waals surface area contributed by atoms with Crippen molar-refractivity contribution in [1.29, 1.82) is 0 Å². The summed E-state index contributed by atoms with van der Waals surface area (Å²) in [5.74, 6) is -6.57. The normalized spacial score (nSPS) is 26.7. The van der Waals surface area contributed by atoms with E-state index in [0.717, 1.165) is 0 Å². The summed E-state index contributed by atoms with van der Waals surface area (Å²) in [7, 11) is 1.65. The number of ketones is 2. The Balaban J connectivity index is 1.71. The van der Waals surface area contributed by atoms with Crippen molar-refractivity contribution in [3.05, 3.63) is 46.4 Å². The summed E-state index contributed by atoms with van der Waals surface area (Å²) < 4.78 is 0. The highest BCUT2D eigenvalue weighted by molar-refractivity contribution is 6.22. The van der Waals surface area contributed by atoms with Gasteiger partial charge in [-0.15, -0.1) is 0 Å². The second-order valence-electron chi connectivity index (χ2n) is 8.61. The van der Waals surface area contributed by atoms with Crippen LogP contribution in [0.3, 0.4) is 0 Å². The summed E-state index contributed by atoms with van der Waals surface area (Å²) in [6.45, 7) is 0. The van der Waals surface area contributed by atoms with Crippen LogP contribution in [0, 0.1) is 11.8 Å². The van der Waals surface area contributed by atoms with E-state index < -0.39 is 52.0 Å². The molecule has 5 rings (SSSR count). The number of hydrogen-bond donors (Lipinski definition) is 5. The maximum Gasteiger partial charge on any atom is 0.255 e. The Labute approximate surface area is 186 Å². The molecule has 1 aromatic carbocycles. The zero-order chi connectivity index (χ0) is 23.8. The van der Waals surface area contributed by atoms with Crippen LogP contribution in [0.4, 0.5) is 0 Å². The van der Waals surface area contributed by atoms with Crippen LogP contribution in [0.15, 0.2) is 35.2 Å². The van der Waals surface area contributed by atoms with Gasteiger partial charge in [0.1, 0.15) is 28.5 Å². The molecular weight excluding hydrogens is 432 g/mol. The van der Waals surface area contributed by atoms with Gasteiger partial charge in [-0.2, -0.15) is 15.0 Å². The van der Waals surface area contributed by atoms with Gasteiger partial charge in [0.15, 0.2) is 11.4 Å². The van der Waals surface area contributed by atoms with Crippen LogP contribution >= 0.6 is 0 Å². The molecule has 0 aliphatic heterocycles. The van der Waals surface area contributed by atoms with Crippen LogP contribution in [-0.4, -0.2) is 58.5 Å². The number of aliphatic hydroxyl groups excluding tert-OH is 2. The third-order valence-electron chi connectivity index (χ3n) is 6.82. The Bertz CT molecular complexity index is 1340. The molecule has 11 heteroatoms. The van der Waals surface area contributed by atoms with Crippen molar-refractivity contribution < 1.29 is 34.8 Å². The first-order chi connectivity index (χ1) is 15.6. The molecule has 0 spiro atoms. The number of hydrogen-bond acceptors (Lipinski definition) is 9. The number of amides is 1. The van der Waals surface area contributed by atoms with Gasteiger partial charge in [0, 0.05) is 30.5 Å². The molecule has 1 amide bonds. The van der Waals surface area contributed by atoms with E-state index in [2.05, 4.69) is 10.2 Å². The van der Waals surface area contributed by atoms with E-state index in [-0.39, 0.29) is 36.1 Å². The smallest absolute Gasteiger partial charge is 0.255 e. The lowest BCUT2D eigenvalue weighted by molar-refractivity contribution is -0.147. The fraction of sp³-hybridized carbons (Fsp3) is 0.318. The summed E-state index contributed by atoms with van der Waals surface area (Å²) in [4.78, 5) is 38.9. The van der Waals surface area contributed by atoms with Crippen molar-refractivity contribution >= 4 is 23.2 Å². The second kappa shape index (κ2) is 6.75. The molecule has 2 aromatic rings. The van der Waals surface area contributed by atoms with Crippen LogP contribution in [0.5, 0.6) is 5.75 Å². The fourth-order valence-electron chi connectivity index (χ4n) is 5.33. The van der Waals surface area contributed by atoms with E-state index in [1.54, 1.807) is 13.1 Å². The topological polar surface area (TPSA) is 189 Å². The molecule has 6 N–H and O–H groups in total. The summed E-state index contributed by atoms with van der Waals surface area (Å²) in [6, 6.07) is 2.99. The van der Waals surface area contributed by atoms with Gasteiger partial charge in [0.25, 0.3) is 5.91 Å². The van der Waals surface area contributed by atoms with E-state index in [9.17, 15) is 34.8 Å². The molecule has 3 aliphatic rings. The third kappa shape index (κ3) is 2.68. The SMILES string of the molecule is Cn1ncc(-c2ccc(O)c3c2C[C@H]2C[C@H]4CC(=O)C(C(N)=O)=C(O)[C@@]4(O)C(=O)C2=C3O)n1. The van der Waals surface area contributed by atoms with Crippen LogP contribution in [-0.2, 0) is 27.9 Å². The second-order valence-corrected chi connectivity index (χ2v) is 8.61. The monoisotopic (exact) mass is 452 g/mol.